The molecule has 5 heteroatoms. The van der Waals surface area contributed by atoms with Gasteiger partial charge in [0.05, 0.1) is 17.8 Å². The van der Waals surface area contributed by atoms with E-state index >= 15 is 0 Å². The monoisotopic (exact) mass is 271 g/mol. The molecular formula is C10H7BrFNO2. The number of benzene rings is 1. The van der Waals surface area contributed by atoms with Crippen molar-refractivity contribution in [1.29, 1.82) is 0 Å². The highest BCUT2D eigenvalue weighted by atomic mass is 79.9. The lowest BCUT2D eigenvalue weighted by Gasteiger charge is -2.15. The first-order valence-electron chi connectivity index (χ1n) is 4.37. The van der Waals surface area contributed by atoms with Crippen molar-refractivity contribution in [2.75, 3.05) is 18.1 Å². The Morgan fingerprint density at radius 1 is 1.33 bits per heavy atom. The molecule has 1 amide bonds. The normalized spacial score (nSPS) is 14.7. The van der Waals surface area contributed by atoms with Crippen LogP contribution in [0.25, 0.3) is 0 Å². The first-order chi connectivity index (χ1) is 7.16. The van der Waals surface area contributed by atoms with E-state index < -0.39 is 18.4 Å². The van der Waals surface area contributed by atoms with E-state index in [-0.39, 0.29) is 6.54 Å². The SMILES string of the molecule is O=C1C(=O)N(CCF)c2c(Br)cccc21. The zero-order valence-corrected chi connectivity index (χ0v) is 9.25. The molecule has 15 heavy (non-hydrogen) atoms. The topological polar surface area (TPSA) is 37.4 Å². The molecule has 0 aliphatic carbocycles. The first kappa shape index (κ1) is 10.3. The molecule has 1 aromatic carbocycles. The van der Waals surface area contributed by atoms with Crippen LogP contribution in [0.15, 0.2) is 22.7 Å². The van der Waals surface area contributed by atoms with Gasteiger partial charge in [-0.25, -0.2) is 4.39 Å². The number of fused-ring (bicyclic) bond motifs is 1. The number of para-hydroxylation sites is 1. The van der Waals surface area contributed by atoms with Crippen molar-refractivity contribution >= 4 is 33.3 Å². The highest BCUT2D eigenvalue weighted by Gasteiger charge is 2.36. The molecule has 2 rings (SSSR count). The van der Waals surface area contributed by atoms with Gasteiger partial charge in [-0.2, -0.15) is 0 Å². The first-order valence-corrected chi connectivity index (χ1v) is 5.16. The number of alkyl halides is 1. The summed E-state index contributed by atoms with van der Waals surface area (Å²) in [7, 11) is 0. The van der Waals surface area contributed by atoms with Gasteiger partial charge in [0.15, 0.2) is 0 Å². The molecule has 0 spiro atoms. The van der Waals surface area contributed by atoms with Crippen LogP contribution in [0.3, 0.4) is 0 Å². The summed E-state index contributed by atoms with van der Waals surface area (Å²) in [5, 5.41) is 0. The smallest absolute Gasteiger partial charge is 0.299 e. The Morgan fingerprint density at radius 3 is 2.73 bits per heavy atom. The molecule has 0 N–H and O–H groups in total. The predicted molar refractivity (Wildman–Crippen MR) is 56.8 cm³/mol. The molecule has 78 valence electrons. The molecule has 1 aliphatic heterocycles. The molecular weight excluding hydrogens is 265 g/mol. The maximum Gasteiger partial charge on any atom is 0.299 e. The van der Waals surface area contributed by atoms with Crippen LogP contribution in [0, 0.1) is 0 Å². The molecule has 1 aromatic rings. The van der Waals surface area contributed by atoms with Gasteiger partial charge in [-0.05, 0) is 28.1 Å². The number of Topliss-reactive ketones (excluding diaryl/α,β-unsaturated/α-hetero) is 1. The van der Waals surface area contributed by atoms with Gasteiger partial charge in [0.2, 0.25) is 0 Å². The largest absolute Gasteiger partial charge is 0.301 e. The number of nitrogens with zero attached hydrogens (tertiary/aromatic N) is 1. The van der Waals surface area contributed by atoms with Crippen LogP contribution in [0.1, 0.15) is 10.4 Å². The Hall–Kier alpha value is -1.23. The third kappa shape index (κ3) is 1.47. The van der Waals surface area contributed by atoms with Gasteiger partial charge in [0.25, 0.3) is 11.7 Å². The molecule has 0 saturated carbocycles. The van der Waals surface area contributed by atoms with E-state index in [0.29, 0.717) is 15.7 Å². The summed E-state index contributed by atoms with van der Waals surface area (Å²) in [6.45, 7) is -0.750. The number of carbonyl (C=O) groups is 2. The summed E-state index contributed by atoms with van der Waals surface area (Å²) in [6.07, 6.45) is 0. The van der Waals surface area contributed by atoms with Crippen LogP contribution in [-0.2, 0) is 4.79 Å². The fourth-order valence-electron chi connectivity index (χ4n) is 1.61. The second-order valence-electron chi connectivity index (χ2n) is 3.11. The maximum atomic E-state index is 12.3. The average molecular weight is 272 g/mol. The number of rotatable bonds is 2. The Kier molecular flexibility index (Phi) is 2.56. The Bertz CT molecular complexity index is 447. The van der Waals surface area contributed by atoms with Crippen LogP contribution in [0.4, 0.5) is 10.1 Å². The average Bonchev–Trinajstić information content (AvgIpc) is 2.46. The van der Waals surface area contributed by atoms with Crippen molar-refractivity contribution in [1.82, 2.24) is 0 Å². The predicted octanol–water partition coefficient (Wildman–Crippen LogP) is 1.95. The Balaban J connectivity index is 2.56. The van der Waals surface area contributed by atoms with Crippen molar-refractivity contribution in [3.05, 3.63) is 28.2 Å². The van der Waals surface area contributed by atoms with Crippen LogP contribution >= 0.6 is 15.9 Å². The van der Waals surface area contributed by atoms with Gasteiger partial charge in [-0.3, -0.25) is 9.59 Å². The van der Waals surface area contributed by atoms with Crippen LogP contribution in [-0.4, -0.2) is 24.9 Å². The van der Waals surface area contributed by atoms with Crippen molar-refractivity contribution in [2.24, 2.45) is 0 Å². The van der Waals surface area contributed by atoms with Crippen LogP contribution in [0.2, 0.25) is 0 Å². The quantitative estimate of drug-likeness (QED) is 0.771. The summed E-state index contributed by atoms with van der Waals surface area (Å²) >= 11 is 3.24. The zero-order valence-electron chi connectivity index (χ0n) is 7.67. The second kappa shape index (κ2) is 3.73. The minimum absolute atomic E-state index is 0.0831. The molecule has 1 heterocycles. The standard InChI is InChI=1S/C10H7BrFNO2/c11-7-3-1-2-6-8(7)13(5-4-12)10(15)9(6)14/h1-3H,4-5H2. The van der Waals surface area contributed by atoms with Crippen LogP contribution < -0.4 is 4.90 Å². The maximum absolute atomic E-state index is 12.3. The summed E-state index contributed by atoms with van der Waals surface area (Å²) < 4.78 is 12.9. The highest BCUT2D eigenvalue weighted by molar-refractivity contribution is 9.10. The number of amides is 1. The molecule has 3 nitrogen and oxygen atoms in total. The highest BCUT2D eigenvalue weighted by Crippen LogP contribution is 2.35. The number of hydrogen-bond donors (Lipinski definition) is 0. The summed E-state index contributed by atoms with van der Waals surface area (Å²) in [4.78, 5) is 24.2. The van der Waals surface area contributed by atoms with Gasteiger partial charge in [-0.15, -0.1) is 0 Å². The molecule has 0 radical (unpaired) electrons. The number of hydrogen-bond acceptors (Lipinski definition) is 2. The van der Waals surface area contributed by atoms with Gasteiger partial charge in [0, 0.05) is 4.47 Å². The number of carbonyl (C=O) groups excluding carboxylic acids is 2. The molecule has 0 saturated heterocycles. The fraction of sp³-hybridized carbons (Fsp3) is 0.200. The minimum Gasteiger partial charge on any atom is -0.301 e. The van der Waals surface area contributed by atoms with Gasteiger partial charge >= 0.3 is 0 Å². The minimum atomic E-state index is -0.667. The summed E-state index contributed by atoms with van der Waals surface area (Å²) in [6, 6.07) is 4.96. The number of ketones is 1. The van der Waals surface area contributed by atoms with E-state index in [0.717, 1.165) is 0 Å². The molecule has 1 aliphatic rings. The molecule has 0 fully saturated rings. The van der Waals surface area contributed by atoms with E-state index in [1.165, 1.54) is 4.90 Å². The lowest BCUT2D eigenvalue weighted by molar-refractivity contribution is -0.114. The molecule has 0 bridgehead atoms. The van der Waals surface area contributed by atoms with Crippen molar-refractivity contribution in [3.8, 4) is 0 Å². The van der Waals surface area contributed by atoms with Gasteiger partial charge < -0.3 is 4.90 Å². The van der Waals surface area contributed by atoms with Crippen LogP contribution in [0.5, 0.6) is 0 Å². The van der Waals surface area contributed by atoms with Crippen molar-refractivity contribution in [3.63, 3.8) is 0 Å². The van der Waals surface area contributed by atoms with E-state index in [1.54, 1.807) is 18.2 Å². The summed E-state index contributed by atoms with van der Waals surface area (Å²) in [5.74, 6) is -1.23. The van der Waals surface area contributed by atoms with E-state index in [1.807, 2.05) is 0 Å². The lowest BCUT2D eigenvalue weighted by atomic mass is 10.1. The zero-order chi connectivity index (χ0) is 11.0. The molecule has 0 atom stereocenters. The molecule has 0 aromatic heterocycles. The Morgan fingerprint density at radius 2 is 2.07 bits per heavy atom. The van der Waals surface area contributed by atoms with E-state index in [2.05, 4.69) is 15.9 Å². The van der Waals surface area contributed by atoms with E-state index in [9.17, 15) is 14.0 Å². The van der Waals surface area contributed by atoms with Crippen molar-refractivity contribution in [2.45, 2.75) is 0 Å². The van der Waals surface area contributed by atoms with Gasteiger partial charge in [0.1, 0.15) is 6.67 Å². The van der Waals surface area contributed by atoms with Gasteiger partial charge in [-0.1, -0.05) is 6.07 Å². The Labute approximate surface area is 94.0 Å². The number of halogens is 2. The summed E-state index contributed by atoms with van der Waals surface area (Å²) in [5.41, 5.74) is 0.813. The lowest BCUT2D eigenvalue weighted by Crippen LogP contribution is -2.31. The van der Waals surface area contributed by atoms with E-state index in [4.69, 9.17) is 0 Å². The second-order valence-corrected chi connectivity index (χ2v) is 3.97. The third-order valence-corrected chi connectivity index (χ3v) is 2.89. The fourth-order valence-corrected chi connectivity index (χ4v) is 2.19. The third-order valence-electron chi connectivity index (χ3n) is 2.25. The number of anilines is 1. The van der Waals surface area contributed by atoms with Crippen molar-refractivity contribution < 1.29 is 14.0 Å². The molecule has 0 unspecified atom stereocenters.